The Balaban J connectivity index is 1.30. The van der Waals surface area contributed by atoms with Gasteiger partial charge in [-0.3, -0.25) is 14.6 Å². The van der Waals surface area contributed by atoms with Crippen molar-refractivity contribution in [1.29, 1.82) is 0 Å². The molecule has 0 aliphatic carbocycles. The Hall–Kier alpha value is -4.29. The van der Waals surface area contributed by atoms with Gasteiger partial charge in [0, 0.05) is 82.4 Å². The van der Waals surface area contributed by atoms with Gasteiger partial charge < -0.3 is 34.8 Å². The Bertz CT molecular complexity index is 1580. The summed E-state index contributed by atoms with van der Waals surface area (Å²) >= 11 is 0. The van der Waals surface area contributed by atoms with Crippen molar-refractivity contribution in [3.05, 3.63) is 36.5 Å². The zero-order chi connectivity index (χ0) is 36.3. The van der Waals surface area contributed by atoms with Crippen molar-refractivity contribution < 1.29 is 41.0 Å². The van der Waals surface area contributed by atoms with Gasteiger partial charge in [0.2, 0.25) is 11.9 Å². The fourth-order valence-corrected chi connectivity index (χ4v) is 7.09. The van der Waals surface area contributed by atoms with E-state index >= 15 is 0 Å². The molecule has 51 heavy (non-hydrogen) atoms. The van der Waals surface area contributed by atoms with E-state index in [1.807, 2.05) is 4.90 Å². The normalized spacial score (nSPS) is 20.1. The summed E-state index contributed by atoms with van der Waals surface area (Å²) in [5.41, 5.74) is 1.07. The Morgan fingerprint density at radius 3 is 2.41 bits per heavy atom. The maximum Gasteiger partial charge on any atom is 0.406 e. The van der Waals surface area contributed by atoms with Crippen LogP contribution in [0.4, 0.5) is 55.6 Å². The van der Waals surface area contributed by atoms with Gasteiger partial charge in [-0.25, -0.2) is 9.78 Å². The number of piperidine rings is 1. The Morgan fingerprint density at radius 1 is 1.06 bits per heavy atom. The highest BCUT2D eigenvalue weighted by molar-refractivity contribution is 6.02. The lowest BCUT2D eigenvalue weighted by molar-refractivity contribution is -0.141. The van der Waals surface area contributed by atoms with Crippen LogP contribution in [0.15, 0.2) is 31.0 Å². The maximum atomic E-state index is 13.8. The maximum absolute atomic E-state index is 13.8. The molecule has 3 fully saturated rings. The number of carbonyl (C=O) groups excluding carboxylic acids is 2. The van der Waals surface area contributed by atoms with Gasteiger partial charge >= 0.3 is 18.8 Å². The smallest absolute Gasteiger partial charge is 0.406 e. The third-order valence-electron chi connectivity index (χ3n) is 9.70. The first kappa shape index (κ1) is 36.5. The van der Waals surface area contributed by atoms with Gasteiger partial charge in [0.1, 0.15) is 12.4 Å². The number of carbonyl (C=O) groups is 2. The summed E-state index contributed by atoms with van der Waals surface area (Å²) in [5, 5.41) is 5.66. The van der Waals surface area contributed by atoms with Gasteiger partial charge in [-0.1, -0.05) is 6.58 Å². The molecule has 0 saturated carbocycles. The molecule has 0 unspecified atom stereocenters. The van der Waals surface area contributed by atoms with Gasteiger partial charge in [-0.15, -0.1) is 0 Å². The molecule has 278 valence electrons. The number of likely N-dealkylation sites (N-methyl/N-ethyl adjacent to an activating group) is 1. The van der Waals surface area contributed by atoms with E-state index in [4.69, 9.17) is 9.47 Å². The average Bonchev–Trinajstić information content (AvgIpc) is 3.10. The first-order valence-corrected chi connectivity index (χ1v) is 17.0. The van der Waals surface area contributed by atoms with Crippen LogP contribution in [0.25, 0.3) is 0 Å². The summed E-state index contributed by atoms with van der Waals surface area (Å²) in [7, 11) is 2.10. The topological polar surface area (TPSA) is 119 Å². The lowest BCUT2D eigenvalue weighted by Gasteiger charge is -2.43. The van der Waals surface area contributed by atoms with Crippen LogP contribution < -0.4 is 25.2 Å². The molecule has 2 aromatic rings. The van der Waals surface area contributed by atoms with Gasteiger partial charge in [0.15, 0.2) is 5.75 Å². The number of ether oxygens (including phenoxy) is 2. The summed E-state index contributed by atoms with van der Waals surface area (Å²) in [4.78, 5) is 43.5. The zero-order valence-corrected chi connectivity index (χ0v) is 28.3. The van der Waals surface area contributed by atoms with Crippen molar-refractivity contribution in [3.63, 3.8) is 0 Å². The third-order valence-corrected chi connectivity index (χ3v) is 9.70. The second kappa shape index (κ2) is 15.5. The number of hydrogen-bond acceptors (Lipinski definition) is 10. The van der Waals surface area contributed by atoms with Crippen LogP contribution in [-0.2, 0) is 16.1 Å². The summed E-state index contributed by atoms with van der Waals surface area (Å²) in [6.45, 7) is 4.32. The quantitative estimate of drug-likeness (QED) is 0.265. The molecule has 13 nitrogen and oxygen atoms in total. The number of nitrogens with one attached hydrogen (secondary N) is 2. The number of benzene rings is 1. The van der Waals surface area contributed by atoms with Crippen LogP contribution in [-0.4, -0.2) is 128 Å². The lowest BCUT2D eigenvalue weighted by atomic mass is 10.0. The number of rotatable bonds is 10. The van der Waals surface area contributed by atoms with Crippen LogP contribution in [0, 0.1) is 0 Å². The number of piperazine rings is 1. The van der Waals surface area contributed by atoms with E-state index in [-0.39, 0.29) is 35.3 Å². The van der Waals surface area contributed by atoms with E-state index in [0.29, 0.717) is 61.5 Å². The minimum absolute atomic E-state index is 0.0101. The van der Waals surface area contributed by atoms with Gasteiger partial charge in [-0.2, -0.15) is 26.9 Å². The van der Waals surface area contributed by atoms with E-state index in [2.05, 4.69) is 44.0 Å². The fraction of sp³-hybridized carbons (Fsp3) is 0.576. The minimum Gasteiger partial charge on any atom is -0.433 e. The highest BCUT2D eigenvalue weighted by atomic mass is 19.4. The van der Waals surface area contributed by atoms with Gasteiger partial charge in [0.25, 0.3) is 0 Å². The second-order valence-corrected chi connectivity index (χ2v) is 13.1. The second-order valence-electron chi connectivity index (χ2n) is 13.1. The number of anilines is 5. The molecule has 0 bridgehead atoms. The average molecular weight is 724 g/mol. The number of hydrogen-bond donors (Lipinski definition) is 2. The van der Waals surface area contributed by atoms with E-state index < -0.39 is 37.3 Å². The molecule has 1 aromatic heterocycles. The summed E-state index contributed by atoms with van der Waals surface area (Å²) in [6, 6.07) is 1.91. The molecule has 18 heteroatoms. The molecular formula is C33H42F5N9O4. The number of fused-ring (bicyclic) bond motifs is 1. The molecule has 4 aliphatic rings. The van der Waals surface area contributed by atoms with Crippen molar-refractivity contribution in [1.82, 2.24) is 24.7 Å². The molecular weight excluding hydrogens is 681 g/mol. The predicted molar refractivity (Wildman–Crippen MR) is 180 cm³/mol. The number of alkyl halides is 5. The third kappa shape index (κ3) is 8.78. The van der Waals surface area contributed by atoms with Crippen LogP contribution >= 0.6 is 0 Å². The molecule has 0 spiro atoms. The largest absolute Gasteiger partial charge is 0.433 e. The molecule has 3 amide bonds. The Labute approximate surface area is 292 Å². The van der Waals surface area contributed by atoms with Crippen molar-refractivity contribution in [2.45, 2.75) is 57.1 Å². The molecule has 3 saturated heterocycles. The molecule has 4 aliphatic heterocycles. The molecule has 5 heterocycles. The predicted octanol–water partition coefficient (Wildman–Crippen LogP) is 4.65. The van der Waals surface area contributed by atoms with Crippen molar-refractivity contribution in [2.75, 3.05) is 86.5 Å². The van der Waals surface area contributed by atoms with Gasteiger partial charge in [-0.05, 0) is 44.9 Å². The Kier molecular flexibility index (Phi) is 11.1. The number of urea groups is 1. The number of aromatic nitrogens is 2. The number of halogens is 5. The van der Waals surface area contributed by atoms with Gasteiger partial charge in [0.05, 0.1) is 23.6 Å². The van der Waals surface area contributed by atoms with Crippen molar-refractivity contribution >= 4 is 40.8 Å². The molecule has 1 aromatic carbocycles. The number of amides is 3. The van der Waals surface area contributed by atoms with Crippen molar-refractivity contribution in [3.8, 4) is 5.75 Å². The monoisotopic (exact) mass is 723 g/mol. The molecule has 0 radical (unpaired) electrons. The highest BCUT2D eigenvalue weighted by Crippen LogP contribution is 2.41. The zero-order valence-electron chi connectivity index (χ0n) is 28.3. The van der Waals surface area contributed by atoms with E-state index in [1.54, 1.807) is 0 Å². The standard InChI is InChI=1S/C33H42F5N9O4/c1-3-28(48)40-24-16-25(27(51-30(34)35)17-26(24)45-8-4-22(5-9-45)44-12-10-43(2)11-13-44)41-31-39-18-21-19-46(20-33(36,37)38)32(49)47(29(21)42-31)23-6-14-50-15-7-23/h3,16-18,22-23,30H,1,4-15,19-20H2,2H3,(H,40,48)(H,39,41,42). The number of nitrogens with zero attached hydrogens (tertiary/aromatic N) is 7. The van der Waals surface area contributed by atoms with E-state index in [0.717, 1.165) is 45.1 Å². The van der Waals surface area contributed by atoms with Crippen LogP contribution in [0.3, 0.4) is 0 Å². The van der Waals surface area contributed by atoms with Crippen molar-refractivity contribution in [2.24, 2.45) is 0 Å². The first-order valence-electron chi connectivity index (χ1n) is 17.0. The highest BCUT2D eigenvalue weighted by Gasteiger charge is 2.42. The van der Waals surface area contributed by atoms with Crippen LogP contribution in [0.5, 0.6) is 5.75 Å². The summed E-state index contributed by atoms with van der Waals surface area (Å²) in [5.74, 6) is -0.771. The van der Waals surface area contributed by atoms with E-state index in [9.17, 15) is 31.5 Å². The molecule has 0 atom stereocenters. The minimum atomic E-state index is -4.62. The summed E-state index contributed by atoms with van der Waals surface area (Å²) in [6.07, 6.45) is 0.222. The molecule has 6 rings (SSSR count). The fourth-order valence-electron chi connectivity index (χ4n) is 7.09. The Morgan fingerprint density at radius 2 is 1.76 bits per heavy atom. The first-order chi connectivity index (χ1) is 24.4. The van der Waals surface area contributed by atoms with Crippen LogP contribution in [0.1, 0.15) is 31.2 Å². The summed E-state index contributed by atoms with van der Waals surface area (Å²) < 4.78 is 78.2. The lowest BCUT2D eigenvalue weighted by Crippen LogP contribution is -2.55. The molecule has 2 N–H and O–H groups in total. The van der Waals surface area contributed by atoms with E-state index in [1.165, 1.54) is 23.2 Å². The van der Waals surface area contributed by atoms with Crippen LogP contribution in [0.2, 0.25) is 0 Å². The SMILES string of the molecule is C=CC(=O)Nc1cc(Nc2ncc3c(n2)N(C2CCOCC2)C(=O)N(CC(F)(F)F)C3)c(OC(F)F)cc1N1CCC(N2CCN(C)CC2)CC1.